The molecule has 0 aromatic rings. The van der Waals surface area contributed by atoms with Crippen LogP contribution in [-0.2, 0) is 0 Å². The van der Waals surface area contributed by atoms with Crippen LogP contribution in [0.3, 0.4) is 0 Å². The number of rotatable bonds is 1. The Labute approximate surface area is 29.8 Å². The predicted octanol–water partition coefficient (Wildman–Crippen LogP) is -0.511. The molecule has 0 unspecified atom stereocenters. The first-order chi connectivity index (χ1) is 2.41. The third-order valence-corrected chi connectivity index (χ3v) is 0.158. The summed E-state index contributed by atoms with van der Waals surface area (Å²) in [6, 6.07) is 1.66. The van der Waals surface area contributed by atoms with Gasteiger partial charge in [0.1, 0.15) is 6.54 Å². The summed E-state index contributed by atoms with van der Waals surface area (Å²) in [4.78, 5) is 0. The Morgan fingerprint density at radius 2 is 2.60 bits per heavy atom. The van der Waals surface area contributed by atoms with Crippen molar-refractivity contribution in [1.29, 1.82) is 5.26 Å². The van der Waals surface area contributed by atoms with E-state index in [-0.39, 0.29) is 6.54 Å². The largest absolute Gasteiger partial charge is 0.316 e. The average molecular weight is 72.1 g/mol. The smallest absolute Gasteiger partial charge is 0.108 e. The summed E-state index contributed by atoms with van der Waals surface area (Å²) in [6.45, 7) is 0. The van der Waals surface area contributed by atoms with Crippen LogP contribution in [0.5, 0.6) is 0 Å². The number of nitrogens with zero attached hydrogens (tertiary/aromatic N) is 1. The van der Waals surface area contributed by atoms with Crippen LogP contribution in [0.25, 0.3) is 0 Å². The van der Waals surface area contributed by atoms with Crippen molar-refractivity contribution in [2.45, 2.75) is 0 Å². The molecule has 0 atom stereocenters. The SMILES string of the molecule is N#CCNO. The summed E-state index contributed by atoms with van der Waals surface area (Å²) in [5, 5.41) is 15.2. The minimum absolute atomic E-state index is 0. The molecule has 0 aliphatic rings. The molecule has 0 fully saturated rings. The molecule has 0 amide bonds. The zero-order valence-corrected chi connectivity index (χ0v) is 2.60. The molecule has 0 rings (SSSR count). The molecule has 3 nitrogen and oxygen atoms in total. The van der Waals surface area contributed by atoms with Gasteiger partial charge in [-0.15, -0.1) is 0 Å². The van der Waals surface area contributed by atoms with Crippen LogP contribution in [0.1, 0.15) is 0 Å². The molecule has 0 aromatic carbocycles. The molecule has 0 heterocycles. The van der Waals surface area contributed by atoms with Crippen LogP contribution >= 0.6 is 0 Å². The Bertz CT molecular complexity index is 46.1. The van der Waals surface area contributed by atoms with Crippen molar-refractivity contribution in [2.24, 2.45) is 0 Å². The zero-order chi connectivity index (χ0) is 4.12. The molecule has 0 aliphatic heterocycles. The highest BCUT2D eigenvalue weighted by molar-refractivity contribution is 4.68. The molecule has 3 heteroatoms. The van der Waals surface area contributed by atoms with Gasteiger partial charge in [-0.2, -0.15) is 10.7 Å². The van der Waals surface area contributed by atoms with E-state index in [0.29, 0.717) is 0 Å². The summed E-state index contributed by atoms with van der Waals surface area (Å²) < 4.78 is 0. The number of hydrogen-bond acceptors (Lipinski definition) is 3. The summed E-state index contributed by atoms with van der Waals surface area (Å²) in [5.74, 6) is 0. The fraction of sp³-hybridized carbons (Fsp3) is 0.500. The molecule has 0 saturated heterocycles. The van der Waals surface area contributed by atoms with Gasteiger partial charge in [0.2, 0.25) is 0 Å². The Morgan fingerprint density at radius 1 is 2.00 bits per heavy atom. The van der Waals surface area contributed by atoms with Crippen LogP contribution in [-0.4, -0.2) is 11.8 Å². The predicted molar refractivity (Wildman–Crippen MR) is 15.4 cm³/mol. The maximum atomic E-state index is 7.59. The van der Waals surface area contributed by atoms with Crippen molar-refractivity contribution < 1.29 is 5.21 Å². The second-order valence-electron chi connectivity index (χ2n) is 0.493. The lowest BCUT2D eigenvalue weighted by Crippen LogP contribution is -2.04. The molecule has 0 spiro atoms. The Morgan fingerprint density at radius 3 is 2.60 bits per heavy atom. The van der Waals surface area contributed by atoms with Gasteiger partial charge >= 0.3 is 0 Å². The van der Waals surface area contributed by atoms with Crippen molar-refractivity contribution in [3.63, 3.8) is 0 Å². The van der Waals surface area contributed by atoms with Gasteiger partial charge in [-0.3, -0.25) is 0 Å². The number of hydroxylamine groups is 1. The summed E-state index contributed by atoms with van der Waals surface area (Å²) in [7, 11) is 0. The lowest BCUT2D eigenvalue weighted by molar-refractivity contribution is 0.181. The Balaban J connectivity index is 2.48. The summed E-state index contributed by atoms with van der Waals surface area (Å²) >= 11 is 0. The third-order valence-electron chi connectivity index (χ3n) is 0.158. The molecule has 0 aliphatic carbocycles. The van der Waals surface area contributed by atoms with Crippen LogP contribution in [0.4, 0.5) is 0 Å². The Hall–Kier alpha value is -0.590. The lowest BCUT2D eigenvalue weighted by Gasteiger charge is -1.73. The van der Waals surface area contributed by atoms with Crippen molar-refractivity contribution in [2.75, 3.05) is 6.54 Å². The second kappa shape index (κ2) is 3.41. The van der Waals surface area contributed by atoms with Crippen LogP contribution in [0.15, 0.2) is 0 Å². The van der Waals surface area contributed by atoms with Crippen LogP contribution in [0.2, 0.25) is 0 Å². The molecule has 2 N–H and O–H groups in total. The van der Waals surface area contributed by atoms with Crippen molar-refractivity contribution in [3.05, 3.63) is 0 Å². The first kappa shape index (κ1) is 4.41. The highest BCUT2D eigenvalue weighted by atomic mass is 16.5. The van der Waals surface area contributed by atoms with E-state index in [2.05, 4.69) is 0 Å². The molecule has 0 saturated carbocycles. The van der Waals surface area contributed by atoms with E-state index in [1.165, 1.54) is 0 Å². The summed E-state index contributed by atoms with van der Waals surface area (Å²) in [6.07, 6.45) is 0. The molecule has 0 radical (unpaired) electrons. The third kappa shape index (κ3) is 3.41. The van der Waals surface area contributed by atoms with E-state index in [1.807, 2.05) is 0 Å². The first-order valence-electron chi connectivity index (χ1n) is 1.15. The highest BCUT2D eigenvalue weighted by Gasteiger charge is 1.62. The van der Waals surface area contributed by atoms with Crippen molar-refractivity contribution in [3.8, 4) is 6.07 Å². The lowest BCUT2D eigenvalue weighted by atomic mass is 10.8. The van der Waals surface area contributed by atoms with Crippen LogP contribution < -0.4 is 5.48 Å². The number of nitrogens with one attached hydrogen (secondary N) is 1. The van der Waals surface area contributed by atoms with E-state index in [9.17, 15) is 0 Å². The quantitative estimate of drug-likeness (QED) is 0.324. The fourth-order valence-electron chi connectivity index (χ4n) is 0.0354. The standard InChI is InChI=1S/C2H4N2O/c3-1-2-4-5/h4-5H,2H2. The van der Waals surface area contributed by atoms with Gasteiger partial charge in [0.15, 0.2) is 0 Å². The van der Waals surface area contributed by atoms with E-state index in [0.717, 1.165) is 0 Å². The molecular formula is C2H4N2O. The van der Waals surface area contributed by atoms with E-state index in [1.54, 1.807) is 11.5 Å². The maximum absolute atomic E-state index is 7.59. The van der Waals surface area contributed by atoms with Gasteiger partial charge in [0.25, 0.3) is 0 Å². The van der Waals surface area contributed by atoms with Gasteiger partial charge < -0.3 is 5.21 Å². The summed E-state index contributed by atoms with van der Waals surface area (Å²) in [5.41, 5.74) is 1.66. The van der Waals surface area contributed by atoms with Crippen LogP contribution in [0, 0.1) is 11.3 Å². The van der Waals surface area contributed by atoms with Gasteiger partial charge in [0.05, 0.1) is 6.07 Å². The van der Waals surface area contributed by atoms with Crippen molar-refractivity contribution in [1.82, 2.24) is 5.48 Å². The van der Waals surface area contributed by atoms with Gasteiger partial charge in [-0.1, -0.05) is 0 Å². The minimum Gasteiger partial charge on any atom is -0.316 e. The van der Waals surface area contributed by atoms with Gasteiger partial charge in [-0.05, 0) is 0 Å². The van der Waals surface area contributed by atoms with Crippen molar-refractivity contribution >= 4 is 0 Å². The monoisotopic (exact) mass is 72.0 g/mol. The molecular weight excluding hydrogens is 68.0 g/mol. The van der Waals surface area contributed by atoms with Gasteiger partial charge in [0, 0.05) is 0 Å². The Kier molecular flexibility index (Phi) is 3.01. The normalized spacial score (nSPS) is 6.40. The van der Waals surface area contributed by atoms with E-state index >= 15 is 0 Å². The highest BCUT2D eigenvalue weighted by Crippen LogP contribution is 1.37. The first-order valence-corrected chi connectivity index (χ1v) is 1.15. The maximum Gasteiger partial charge on any atom is 0.108 e. The fourth-order valence-corrected chi connectivity index (χ4v) is 0.0354. The minimum atomic E-state index is 0. The number of hydrogen-bond donors (Lipinski definition) is 2. The molecule has 5 heavy (non-hydrogen) atoms. The number of nitriles is 1. The zero-order valence-electron chi connectivity index (χ0n) is 2.60. The molecule has 28 valence electrons. The second-order valence-corrected chi connectivity index (χ2v) is 0.493. The van der Waals surface area contributed by atoms with E-state index < -0.39 is 0 Å². The molecule has 0 aromatic heterocycles. The average Bonchev–Trinajstić information content (AvgIpc) is 1.41. The van der Waals surface area contributed by atoms with Gasteiger partial charge in [-0.25, -0.2) is 0 Å². The van der Waals surface area contributed by atoms with E-state index in [4.69, 9.17) is 10.5 Å². The topological polar surface area (TPSA) is 56.0 Å². The molecule has 0 bridgehead atoms.